The Hall–Kier alpha value is -1.95. The molecule has 78 valence electrons. The van der Waals surface area contributed by atoms with Gasteiger partial charge in [-0.15, -0.1) is 0 Å². The number of nitrogens with zero attached hydrogens (tertiary/aromatic N) is 2. The summed E-state index contributed by atoms with van der Waals surface area (Å²) >= 11 is 0. The molecular weight excluding hydrogens is 200 g/mol. The van der Waals surface area contributed by atoms with E-state index in [2.05, 4.69) is 5.16 Å². The van der Waals surface area contributed by atoms with E-state index < -0.39 is 4.92 Å². The minimum Gasteiger partial charge on any atom is -0.396 e. The second kappa shape index (κ2) is 3.66. The van der Waals surface area contributed by atoms with Gasteiger partial charge in [-0.2, -0.15) is 0 Å². The molecule has 0 fully saturated rings. The van der Waals surface area contributed by atoms with Crippen molar-refractivity contribution in [3.05, 3.63) is 34.0 Å². The zero-order chi connectivity index (χ0) is 10.8. The number of aromatic nitrogens is 1. The highest BCUT2D eigenvalue weighted by Gasteiger charge is 2.12. The lowest BCUT2D eigenvalue weighted by Crippen LogP contribution is -1.91. The van der Waals surface area contributed by atoms with Crippen molar-refractivity contribution in [3.63, 3.8) is 0 Å². The Balaban J connectivity index is 2.56. The number of nitro benzene ring substituents is 1. The van der Waals surface area contributed by atoms with Crippen LogP contribution in [-0.2, 0) is 6.42 Å². The van der Waals surface area contributed by atoms with Gasteiger partial charge in [0.2, 0.25) is 0 Å². The molecule has 0 spiro atoms. The lowest BCUT2D eigenvalue weighted by atomic mass is 10.1. The van der Waals surface area contributed by atoms with Crippen LogP contribution in [0.5, 0.6) is 0 Å². The summed E-state index contributed by atoms with van der Waals surface area (Å²) in [5.41, 5.74) is 1.02. The van der Waals surface area contributed by atoms with Crippen molar-refractivity contribution < 1.29 is 14.6 Å². The summed E-state index contributed by atoms with van der Waals surface area (Å²) in [5, 5.41) is 23.6. The average molecular weight is 208 g/mol. The third-order valence-corrected chi connectivity index (χ3v) is 2.09. The van der Waals surface area contributed by atoms with E-state index in [0.29, 0.717) is 23.1 Å². The molecule has 15 heavy (non-hydrogen) atoms. The van der Waals surface area contributed by atoms with Crippen LogP contribution < -0.4 is 0 Å². The third kappa shape index (κ3) is 1.66. The van der Waals surface area contributed by atoms with Crippen molar-refractivity contribution in [2.24, 2.45) is 0 Å². The van der Waals surface area contributed by atoms with Crippen molar-refractivity contribution in [1.29, 1.82) is 0 Å². The van der Waals surface area contributed by atoms with E-state index in [1.165, 1.54) is 18.2 Å². The second-order valence-electron chi connectivity index (χ2n) is 3.04. The number of aliphatic hydroxyl groups is 1. The predicted molar refractivity (Wildman–Crippen MR) is 51.5 cm³/mol. The maximum Gasteiger partial charge on any atom is 0.270 e. The molecule has 0 aliphatic carbocycles. The average Bonchev–Trinajstić information content (AvgIpc) is 2.61. The monoisotopic (exact) mass is 208 g/mol. The standard InChI is InChI=1S/C9H8N2O4/c12-4-3-8-7-5-6(11(13)14)1-2-9(7)15-10-8/h1-2,5,12H,3-4H2. The fourth-order valence-electron chi connectivity index (χ4n) is 1.38. The van der Waals surface area contributed by atoms with Crippen LogP contribution >= 0.6 is 0 Å². The summed E-state index contributed by atoms with van der Waals surface area (Å²) in [7, 11) is 0. The van der Waals surface area contributed by atoms with Gasteiger partial charge in [0.1, 0.15) is 0 Å². The number of non-ortho nitro benzene ring substituents is 1. The van der Waals surface area contributed by atoms with Crippen LogP contribution in [0.2, 0.25) is 0 Å². The minimum atomic E-state index is -0.477. The maximum atomic E-state index is 10.5. The molecule has 1 N–H and O–H groups in total. The van der Waals surface area contributed by atoms with Gasteiger partial charge >= 0.3 is 0 Å². The number of nitro groups is 1. The van der Waals surface area contributed by atoms with Crippen molar-refractivity contribution in [2.75, 3.05) is 6.61 Å². The molecule has 6 heteroatoms. The fraction of sp³-hybridized carbons (Fsp3) is 0.222. The summed E-state index contributed by atoms with van der Waals surface area (Å²) in [6.45, 7) is -0.0652. The molecule has 0 bridgehead atoms. The Labute approximate surface area is 84.3 Å². The van der Waals surface area contributed by atoms with E-state index in [-0.39, 0.29) is 12.3 Å². The second-order valence-corrected chi connectivity index (χ2v) is 3.04. The Bertz CT molecular complexity index is 506. The first-order chi connectivity index (χ1) is 7.22. The van der Waals surface area contributed by atoms with Gasteiger partial charge < -0.3 is 9.63 Å². The lowest BCUT2D eigenvalue weighted by Gasteiger charge is -1.92. The molecule has 0 aliphatic rings. The van der Waals surface area contributed by atoms with Crippen LogP contribution in [0.15, 0.2) is 22.7 Å². The van der Waals surface area contributed by atoms with Gasteiger partial charge in [0.15, 0.2) is 5.58 Å². The zero-order valence-corrected chi connectivity index (χ0v) is 7.71. The van der Waals surface area contributed by atoms with E-state index in [4.69, 9.17) is 9.63 Å². The first-order valence-electron chi connectivity index (χ1n) is 4.36. The molecule has 1 aromatic carbocycles. The number of aliphatic hydroxyl groups excluding tert-OH is 1. The molecular formula is C9H8N2O4. The molecule has 1 aromatic heterocycles. The smallest absolute Gasteiger partial charge is 0.270 e. The first kappa shape index (κ1) is 9.60. The molecule has 0 amide bonds. The van der Waals surface area contributed by atoms with E-state index in [1.54, 1.807) is 0 Å². The third-order valence-electron chi connectivity index (χ3n) is 2.09. The summed E-state index contributed by atoms with van der Waals surface area (Å²) in [6.07, 6.45) is 0.328. The normalized spacial score (nSPS) is 10.7. The van der Waals surface area contributed by atoms with Crippen LogP contribution in [0.4, 0.5) is 5.69 Å². The van der Waals surface area contributed by atoms with Gasteiger partial charge in [-0.25, -0.2) is 0 Å². The molecule has 0 radical (unpaired) electrons. The molecule has 2 rings (SSSR count). The molecule has 0 unspecified atom stereocenters. The Morgan fingerprint density at radius 3 is 3.00 bits per heavy atom. The quantitative estimate of drug-likeness (QED) is 0.606. The molecule has 6 nitrogen and oxygen atoms in total. The number of rotatable bonds is 3. The minimum absolute atomic E-state index is 0.00936. The number of benzene rings is 1. The SMILES string of the molecule is O=[N+]([O-])c1ccc2onc(CCO)c2c1. The number of hydrogen-bond acceptors (Lipinski definition) is 5. The number of fused-ring (bicyclic) bond motifs is 1. The van der Waals surface area contributed by atoms with E-state index >= 15 is 0 Å². The Morgan fingerprint density at radius 1 is 1.53 bits per heavy atom. The van der Waals surface area contributed by atoms with Gasteiger partial charge in [-0.3, -0.25) is 10.1 Å². The van der Waals surface area contributed by atoms with Gasteiger partial charge in [-0.1, -0.05) is 5.16 Å². The van der Waals surface area contributed by atoms with E-state index in [1.807, 2.05) is 0 Å². The molecule has 0 aliphatic heterocycles. The summed E-state index contributed by atoms with van der Waals surface area (Å²) in [4.78, 5) is 10.1. The molecule has 2 aromatic rings. The van der Waals surface area contributed by atoms with E-state index in [0.717, 1.165) is 0 Å². The van der Waals surface area contributed by atoms with Gasteiger partial charge in [0.05, 0.1) is 16.0 Å². The lowest BCUT2D eigenvalue weighted by molar-refractivity contribution is -0.384. The summed E-state index contributed by atoms with van der Waals surface area (Å²) in [5.74, 6) is 0. The Morgan fingerprint density at radius 2 is 2.33 bits per heavy atom. The van der Waals surface area contributed by atoms with Crippen LogP contribution in [0.25, 0.3) is 11.0 Å². The largest absolute Gasteiger partial charge is 0.396 e. The van der Waals surface area contributed by atoms with Crippen LogP contribution in [0.1, 0.15) is 5.69 Å². The van der Waals surface area contributed by atoms with Crippen LogP contribution in [0.3, 0.4) is 0 Å². The first-order valence-corrected chi connectivity index (χ1v) is 4.36. The molecule has 0 atom stereocenters. The van der Waals surface area contributed by atoms with Crippen molar-refractivity contribution in [1.82, 2.24) is 5.16 Å². The van der Waals surface area contributed by atoms with Crippen LogP contribution in [-0.4, -0.2) is 21.8 Å². The number of hydrogen-bond donors (Lipinski definition) is 1. The van der Waals surface area contributed by atoms with Gasteiger partial charge in [0.25, 0.3) is 5.69 Å². The Kier molecular flexibility index (Phi) is 2.34. The van der Waals surface area contributed by atoms with Crippen molar-refractivity contribution in [3.8, 4) is 0 Å². The highest BCUT2D eigenvalue weighted by atomic mass is 16.6. The van der Waals surface area contributed by atoms with Crippen molar-refractivity contribution in [2.45, 2.75) is 6.42 Å². The highest BCUT2D eigenvalue weighted by molar-refractivity contribution is 5.81. The zero-order valence-electron chi connectivity index (χ0n) is 7.71. The van der Waals surface area contributed by atoms with Gasteiger partial charge in [-0.05, 0) is 6.07 Å². The molecule has 1 heterocycles. The van der Waals surface area contributed by atoms with E-state index in [9.17, 15) is 10.1 Å². The highest BCUT2D eigenvalue weighted by Crippen LogP contribution is 2.23. The summed E-state index contributed by atoms with van der Waals surface area (Å²) in [6, 6.07) is 4.26. The fourth-order valence-corrected chi connectivity index (χ4v) is 1.38. The van der Waals surface area contributed by atoms with Crippen LogP contribution in [0, 0.1) is 10.1 Å². The molecule has 0 saturated carbocycles. The summed E-state index contributed by atoms with van der Waals surface area (Å²) < 4.78 is 4.95. The van der Waals surface area contributed by atoms with Crippen molar-refractivity contribution >= 4 is 16.7 Å². The van der Waals surface area contributed by atoms with Gasteiger partial charge in [0, 0.05) is 25.2 Å². The molecule has 0 saturated heterocycles. The topological polar surface area (TPSA) is 89.4 Å². The maximum absolute atomic E-state index is 10.5. The predicted octanol–water partition coefficient (Wildman–Crippen LogP) is 1.27.